The molecule has 0 aliphatic heterocycles. The monoisotopic (exact) mass is 188 g/mol. The zero-order valence-electron chi connectivity index (χ0n) is 8.28. The van der Waals surface area contributed by atoms with Crippen molar-refractivity contribution >= 4 is 5.78 Å². The molecule has 0 heterocycles. The molecule has 0 aromatic heterocycles. The van der Waals surface area contributed by atoms with Gasteiger partial charge in [-0.2, -0.15) is 0 Å². The van der Waals surface area contributed by atoms with Crippen molar-refractivity contribution in [3.05, 3.63) is 43.9 Å². The zero-order chi connectivity index (χ0) is 10.8. The van der Waals surface area contributed by atoms with Gasteiger partial charge in [0, 0.05) is 11.0 Å². The summed E-state index contributed by atoms with van der Waals surface area (Å²) >= 11 is 0. The van der Waals surface area contributed by atoms with E-state index in [1.807, 2.05) is 0 Å². The predicted molar refractivity (Wildman–Crippen MR) is 53.8 cm³/mol. The first kappa shape index (κ1) is 10.8. The van der Waals surface area contributed by atoms with Crippen LogP contribution in [0.2, 0.25) is 0 Å². The van der Waals surface area contributed by atoms with Crippen LogP contribution in [0.1, 0.15) is 24.2 Å². The van der Waals surface area contributed by atoms with Gasteiger partial charge in [0.15, 0.2) is 12.9 Å². The maximum Gasteiger partial charge on any atom is 0.180 e. The fourth-order valence-electron chi connectivity index (χ4n) is 1.06. The summed E-state index contributed by atoms with van der Waals surface area (Å²) in [7, 11) is 4.95. The van der Waals surface area contributed by atoms with E-state index < -0.39 is 5.41 Å². The largest absolute Gasteiger partial charge is 0.482 e. The average molecular weight is 188 g/mol. The molecule has 1 rings (SSSR count). The summed E-state index contributed by atoms with van der Waals surface area (Å²) in [4.78, 5) is 11.7. The maximum absolute atomic E-state index is 11.7. The van der Waals surface area contributed by atoms with Crippen LogP contribution in [0.4, 0.5) is 0 Å². The molecule has 0 N–H and O–H groups in total. The number of rotatable bonds is 3. The molecule has 72 valence electrons. The smallest absolute Gasteiger partial charge is 0.180 e. The summed E-state index contributed by atoms with van der Waals surface area (Å²) < 4.78 is 4.49. The normalized spacial score (nSPS) is 11.1. The molecule has 0 saturated carbocycles. The number of Topliss-reactive ketones (excluding diaryl/α,β-unsaturated/α-hetero) is 1. The first-order valence-electron chi connectivity index (χ1n) is 4.25. The Bertz CT molecular complexity index is 317. The van der Waals surface area contributed by atoms with Crippen molar-refractivity contribution in [2.24, 2.45) is 5.41 Å². The Morgan fingerprint density at radius 1 is 1.29 bits per heavy atom. The number of hydrogen-bond acceptors (Lipinski definition) is 2. The summed E-state index contributed by atoms with van der Waals surface area (Å²) in [5.74, 6) is 0.400. The Morgan fingerprint density at radius 3 is 2.14 bits per heavy atom. The molecule has 0 bridgehead atoms. The highest BCUT2D eigenvalue weighted by Crippen LogP contribution is 2.21. The third kappa shape index (κ3) is 2.34. The third-order valence-electron chi connectivity index (χ3n) is 1.84. The lowest BCUT2D eigenvalue weighted by Crippen LogP contribution is -2.20. The summed E-state index contributed by atoms with van der Waals surface area (Å²) in [5, 5.41) is 0. The maximum atomic E-state index is 11.7. The quantitative estimate of drug-likeness (QED) is 0.681. The van der Waals surface area contributed by atoms with Crippen molar-refractivity contribution in [2.45, 2.75) is 13.8 Å². The third-order valence-corrected chi connectivity index (χ3v) is 1.84. The van der Waals surface area contributed by atoms with Crippen LogP contribution < -0.4 is 4.74 Å². The van der Waals surface area contributed by atoms with E-state index in [0.717, 1.165) is 0 Å². The average Bonchev–Trinajstić information content (AvgIpc) is 2.15. The minimum atomic E-state index is -0.856. The second-order valence-corrected chi connectivity index (χ2v) is 3.69. The molecule has 0 unspecified atom stereocenters. The lowest BCUT2D eigenvalue weighted by molar-refractivity contribution is 0.0883. The molecule has 0 atom stereocenters. The lowest BCUT2D eigenvalue weighted by atomic mass is 9.86. The van der Waals surface area contributed by atoms with Crippen molar-refractivity contribution in [2.75, 3.05) is 0 Å². The van der Waals surface area contributed by atoms with Gasteiger partial charge in [-0.3, -0.25) is 4.79 Å². The first-order valence-corrected chi connectivity index (χ1v) is 4.25. The van der Waals surface area contributed by atoms with Crippen LogP contribution in [0.15, 0.2) is 24.3 Å². The molecule has 14 heavy (non-hydrogen) atoms. The minimum absolute atomic E-state index is 0.110. The van der Waals surface area contributed by atoms with E-state index in [4.69, 9.17) is 14.0 Å². The number of ketones is 1. The lowest BCUT2D eigenvalue weighted by Gasteiger charge is -2.15. The van der Waals surface area contributed by atoms with E-state index >= 15 is 0 Å². The highest BCUT2D eigenvalue weighted by molar-refractivity contribution is 6.00. The highest BCUT2D eigenvalue weighted by atomic mass is 16.5. The Morgan fingerprint density at radius 2 is 1.79 bits per heavy atom. The van der Waals surface area contributed by atoms with E-state index in [1.54, 1.807) is 38.1 Å². The fraction of sp³-hybridized carbons (Fsp3) is 0.250. The molecule has 4 radical (unpaired) electrons. The van der Waals surface area contributed by atoms with Crippen molar-refractivity contribution in [3.63, 3.8) is 0 Å². The van der Waals surface area contributed by atoms with Gasteiger partial charge in [-0.25, -0.2) is 0 Å². The number of carbonyl (C=O) groups excluding carboxylic acids is 1. The van der Waals surface area contributed by atoms with Crippen LogP contribution in [0.5, 0.6) is 5.75 Å². The van der Waals surface area contributed by atoms with Gasteiger partial charge in [-0.15, -0.1) is 0 Å². The van der Waals surface area contributed by atoms with Gasteiger partial charge >= 0.3 is 0 Å². The number of ether oxygens (including phenoxy) is 1. The molecule has 0 fully saturated rings. The van der Waals surface area contributed by atoms with E-state index in [9.17, 15) is 4.79 Å². The van der Waals surface area contributed by atoms with E-state index in [1.165, 1.54) is 0 Å². The molecular formula is C12H12O2. The van der Waals surface area contributed by atoms with Crippen molar-refractivity contribution < 1.29 is 9.53 Å². The second kappa shape index (κ2) is 3.82. The molecule has 2 heteroatoms. The van der Waals surface area contributed by atoms with Crippen LogP contribution in [-0.2, 0) is 0 Å². The SMILES string of the molecule is [CH]Oc1ccc(C(=O)C([CH])(C)C)cc1. The van der Waals surface area contributed by atoms with Crippen LogP contribution in [0.25, 0.3) is 0 Å². The van der Waals surface area contributed by atoms with Crippen molar-refractivity contribution in [1.29, 1.82) is 0 Å². The van der Waals surface area contributed by atoms with Gasteiger partial charge in [0.05, 0.1) is 0 Å². The second-order valence-electron chi connectivity index (χ2n) is 3.69. The topological polar surface area (TPSA) is 26.3 Å². The van der Waals surface area contributed by atoms with Crippen LogP contribution in [-0.4, -0.2) is 5.78 Å². The van der Waals surface area contributed by atoms with Gasteiger partial charge < -0.3 is 4.74 Å². The van der Waals surface area contributed by atoms with E-state index in [-0.39, 0.29) is 5.78 Å². The molecule has 0 amide bonds. The van der Waals surface area contributed by atoms with Gasteiger partial charge in [0.1, 0.15) is 5.75 Å². The van der Waals surface area contributed by atoms with Crippen molar-refractivity contribution in [3.8, 4) is 5.75 Å². The molecule has 1 aromatic carbocycles. The van der Waals surface area contributed by atoms with Gasteiger partial charge in [0.25, 0.3) is 0 Å². The van der Waals surface area contributed by atoms with Crippen molar-refractivity contribution in [1.82, 2.24) is 0 Å². The number of benzene rings is 1. The first-order chi connectivity index (χ1) is 6.45. The van der Waals surface area contributed by atoms with Gasteiger partial charge in [-0.05, 0) is 31.2 Å². The molecule has 0 saturated heterocycles. The number of carbonyl (C=O) groups is 1. The number of hydrogen-bond donors (Lipinski definition) is 0. The molecule has 2 nitrogen and oxygen atoms in total. The Balaban J connectivity index is 2.93. The Hall–Kier alpha value is -1.31. The van der Waals surface area contributed by atoms with E-state index in [0.29, 0.717) is 11.3 Å². The van der Waals surface area contributed by atoms with E-state index in [2.05, 4.69) is 4.74 Å². The highest BCUT2D eigenvalue weighted by Gasteiger charge is 2.22. The van der Waals surface area contributed by atoms with Crippen LogP contribution in [0, 0.1) is 19.4 Å². The predicted octanol–water partition coefficient (Wildman–Crippen LogP) is 2.65. The summed E-state index contributed by atoms with van der Waals surface area (Å²) in [5.41, 5.74) is -0.302. The summed E-state index contributed by atoms with van der Waals surface area (Å²) in [6.07, 6.45) is 0. The molecule has 0 aliphatic rings. The standard InChI is InChI=1S/C12H12O2/c1-12(2,3)11(13)9-5-7-10(14-4)8-6-9/h1,4-8H,2-3H3. The molecule has 0 aliphatic carbocycles. The molecular weight excluding hydrogens is 176 g/mol. The Kier molecular flexibility index (Phi) is 2.94. The molecule has 1 aromatic rings. The minimum Gasteiger partial charge on any atom is -0.482 e. The zero-order valence-corrected chi connectivity index (χ0v) is 8.28. The van der Waals surface area contributed by atoms with Crippen LogP contribution in [0.3, 0.4) is 0 Å². The molecule has 0 spiro atoms. The van der Waals surface area contributed by atoms with Gasteiger partial charge in [0.2, 0.25) is 0 Å². The van der Waals surface area contributed by atoms with Crippen LogP contribution >= 0.6 is 0 Å². The van der Waals surface area contributed by atoms with Gasteiger partial charge in [-0.1, -0.05) is 13.8 Å². The summed E-state index contributed by atoms with van der Waals surface area (Å²) in [6.45, 7) is 9.01. The Labute approximate surface area is 84.9 Å². The summed E-state index contributed by atoms with van der Waals surface area (Å²) in [6, 6.07) is 6.52. The fourth-order valence-corrected chi connectivity index (χ4v) is 1.06.